The van der Waals surface area contributed by atoms with Crippen molar-refractivity contribution in [3.05, 3.63) is 12.7 Å². The summed E-state index contributed by atoms with van der Waals surface area (Å²) in [5.41, 5.74) is 5.71. The van der Waals surface area contributed by atoms with Crippen LogP contribution < -0.4 is 5.73 Å². The SMILES string of the molecule is Nc1nc(SCC2CCCC2)nc(-n2cncn2)n1. The van der Waals surface area contributed by atoms with Crippen molar-refractivity contribution in [1.29, 1.82) is 0 Å². The molecule has 2 aromatic heterocycles. The molecule has 1 aliphatic carbocycles. The van der Waals surface area contributed by atoms with Crippen LogP contribution in [0.25, 0.3) is 5.95 Å². The smallest absolute Gasteiger partial charge is 0.257 e. The van der Waals surface area contributed by atoms with E-state index in [0.29, 0.717) is 11.1 Å². The molecule has 2 heterocycles. The van der Waals surface area contributed by atoms with Crippen molar-refractivity contribution in [2.75, 3.05) is 11.5 Å². The van der Waals surface area contributed by atoms with E-state index in [4.69, 9.17) is 5.73 Å². The van der Waals surface area contributed by atoms with Crippen molar-refractivity contribution in [3.8, 4) is 5.95 Å². The minimum atomic E-state index is 0.217. The van der Waals surface area contributed by atoms with Gasteiger partial charge in [0.1, 0.15) is 12.7 Å². The molecular weight excluding hydrogens is 262 g/mol. The predicted molar refractivity (Wildman–Crippen MR) is 71.8 cm³/mol. The minimum Gasteiger partial charge on any atom is -0.368 e. The standard InChI is InChI=1S/C11H15N7S/c12-9-15-10(18-7-13-6-14-18)17-11(16-9)19-5-8-3-1-2-4-8/h6-8H,1-5H2,(H2,12,15,16,17). The molecule has 0 spiro atoms. The lowest BCUT2D eigenvalue weighted by atomic mass is 10.1. The first-order chi connectivity index (χ1) is 9.31. The lowest BCUT2D eigenvalue weighted by molar-refractivity contribution is 0.622. The third-order valence-corrected chi connectivity index (χ3v) is 4.25. The molecule has 0 aliphatic heterocycles. The number of thioether (sulfide) groups is 1. The predicted octanol–water partition coefficient (Wildman–Crippen LogP) is 1.32. The van der Waals surface area contributed by atoms with Crippen LogP contribution in [0, 0.1) is 5.92 Å². The van der Waals surface area contributed by atoms with Gasteiger partial charge in [0.25, 0.3) is 5.95 Å². The molecule has 100 valence electrons. The molecule has 0 atom stereocenters. The second kappa shape index (κ2) is 5.52. The third-order valence-electron chi connectivity index (χ3n) is 3.17. The molecule has 1 aliphatic rings. The highest BCUT2D eigenvalue weighted by Crippen LogP contribution is 2.29. The second-order valence-corrected chi connectivity index (χ2v) is 5.56. The summed E-state index contributed by atoms with van der Waals surface area (Å²) in [4.78, 5) is 16.4. The number of hydrogen-bond acceptors (Lipinski definition) is 7. The Morgan fingerprint density at radius 3 is 2.84 bits per heavy atom. The summed E-state index contributed by atoms with van der Waals surface area (Å²) in [6.07, 6.45) is 8.28. The van der Waals surface area contributed by atoms with E-state index in [1.165, 1.54) is 36.7 Å². The van der Waals surface area contributed by atoms with E-state index in [1.54, 1.807) is 18.1 Å². The first-order valence-electron chi connectivity index (χ1n) is 6.30. The molecule has 8 heteroatoms. The zero-order valence-corrected chi connectivity index (χ0v) is 11.3. The third kappa shape index (κ3) is 3.01. The summed E-state index contributed by atoms with van der Waals surface area (Å²) in [6, 6.07) is 0. The molecule has 0 bridgehead atoms. The Morgan fingerprint density at radius 2 is 2.11 bits per heavy atom. The molecule has 2 aromatic rings. The molecule has 0 amide bonds. The normalized spacial score (nSPS) is 16.0. The van der Waals surface area contributed by atoms with E-state index in [0.717, 1.165) is 11.7 Å². The average Bonchev–Trinajstić information content (AvgIpc) is 3.09. The molecule has 1 saturated carbocycles. The van der Waals surface area contributed by atoms with E-state index >= 15 is 0 Å². The molecule has 2 N–H and O–H groups in total. The lowest BCUT2D eigenvalue weighted by Gasteiger charge is -2.08. The highest BCUT2D eigenvalue weighted by Gasteiger charge is 2.16. The van der Waals surface area contributed by atoms with Gasteiger partial charge in [0, 0.05) is 5.75 Å². The summed E-state index contributed by atoms with van der Waals surface area (Å²) >= 11 is 1.64. The molecule has 7 nitrogen and oxygen atoms in total. The van der Waals surface area contributed by atoms with E-state index in [-0.39, 0.29) is 5.95 Å². The average molecular weight is 277 g/mol. The van der Waals surface area contributed by atoms with Gasteiger partial charge in [-0.3, -0.25) is 0 Å². The largest absolute Gasteiger partial charge is 0.368 e. The van der Waals surface area contributed by atoms with Crippen LogP contribution in [0.2, 0.25) is 0 Å². The number of hydrogen-bond donors (Lipinski definition) is 1. The number of nitrogens with two attached hydrogens (primary N) is 1. The van der Waals surface area contributed by atoms with Crippen molar-refractivity contribution in [2.24, 2.45) is 5.92 Å². The van der Waals surface area contributed by atoms with Gasteiger partial charge in [0.2, 0.25) is 5.95 Å². The van der Waals surface area contributed by atoms with Crippen LogP contribution in [-0.2, 0) is 0 Å². The van der Waals surface area contributed by atoms with Crippen molar-refractivity contribution in [3.63, 3.8) is 0 Å². The summed E-state index contributed by atoms with van der Waals surface area (Å²) in [5, 5.41) is 4.65. The maximum Gasteiger partial charge on any atom is 0.257 e. The van der Waals surface area contributed by atoms with Crippen LogP contribution >= 0.6 is 11.8 Å². The van der Waals surface area contributed by atoms with Gasteiger partial charge >= 0.3 is 0 Å². The van der Waals surface area contributed by atoms with Crippen LogP contribution in [0.15, 0.2) is 17.8 Å². The number of anilines is 1. The fraction of sp³-hybridized carbons (Fsp3) is 0.545. The Labute approximate surface area is 115 Å². The molecule has 0 unspecified atom stereocenters. The zero-order valence-electron chi connectivity index (χ0n) is 10.4. The van der Waals surface area contributed by atoms with Gasteiger partial charge in [0.15, 0.2) is 5.16 Å². The Balaban J connectivity index is 1.74. The molecule has 19 heavy (non-hydrogen) atoms. The van der Waals surface area contributed by atoms with Crippen LogP contribution in [0.4, 0.5) is 5.95 Å². The molecule has 0 aromatic carbocycles. The summed E-state index contributed by atoms with van der Waals surface area (Å²) in [5.74, 6) is 2.45. The van der Waals surface area contributed by atoms with E-state index < -0.39 is 0 Å². The van der Waals surface area contributed by atoms with Gasteiger partial charge < -0.3 is 5.73 Å². The highest BCUT2D eigenvalue weighted by atomic mass is 32.2. The van der Waals surface area contributed by atoms with Crippen LogP contribution in [-0.4, -0.2) is 35.5 Å². The van der Waals surface area contributed by atoms with Crippen molar-refractivity contribution >= 4 is 17.7 Å². The number of aromatic nitrogens is 6. The van der Waals surface area contributed by atoms with E-state index in [2.05, 4.69) is 25.0 Å². The van der Waals surface area contributed by atoms with E-state index in [9.17, 15) is 0 Å². The Morgan fingerprint density at radius 1 is 1.26 bits per heavy atom. The van der Waals surface area contributed by atoms with Gasteiger partial charge in [-0.1, -0.05) is 24.6 Å². The van der Waals surface area contributed by atoms with Crippen LogP contribution in [0.5, 0.6) is 0 Å². The minimum absolute atomic E-state index is 0.217. The van der Waals surface area contributed by atoms with Gasteiger partial charge in [-0.05, 0) is 18.8 Å². The quantitative estimate of drug-likeness (QED) is 0.842. The fourth-order valence-electron chi connectivity index (χ4n) is 2.21. The van der Waals surface area contributed by atoms with Gasteiger partial charge in [-0.15, -0.1) is 0 Å². The van der Waals surface area contributed by atoms with Crippen molar-refractivity contribution in [1.82, 2.24) is 29.7 Å². The van der Waals surface area contributed by atoms with E-state index in [1.807, 2.05) is 0 Å². The lowest BCUT2D eigenvalue weighted by Crippen LogP contribution is -2.08. The van der Waals surface area contributed by atoms with Gasteiger partial charge in [-0.25, -0.2) is 4.98 Å². The first kappa shape index (κ1) is 12.3. The Bertz CT molecular complexity index is 536. The van der Waals surface area contributed by atoms with Crippen LogP contribution in [0.1, 0.15) is 25.7 Å². The van der Waals surface area contributed by atoms with Gasteiger partial charge in [0.05, 0.1) is 0 Å². The molecule has 0 radical (unpaired) electrons. The molecule has 1 fully saturated rings. The maximum absolute atomic E-state index is 5.71. The Hall–Kier alpha value is -1.70. The monoisotopic (exact) mass is 277 g/mol. The highest BCUT2D eigenvalue weighted by molar-refractivity contribution is 7.99. The van der Waals surface area contributed by atoms with Gasteiger partial charge in [-0.2, -0.15) is 24.7 Å². The topological polar surface area (TPSA) is 95.4 Å². The second-order valence-electron chi connectivity index (χ2n) is 4.58. The maximum atomic E-state index is 5.71. The zero-order chi connectivity index (χ0) is 13.1. The fourth-order valence-corrected chi connectivity index (χ4v) is 3.23. The molecule has 0 saturated heterocycles. The number of rotatable bonds is 4. The molecule has 3 rings (SSSR count). The van der Waals surface area contributed by atoms with Crippen LogP contribution in [0.3, 0.4) is 0 Å². The number of nitrogens with zero attached hydrogens (tertiary/aromatic N) is 6. The number of nitrogen functional groups attached to an aromatic ring is 1. The van der Waals surface area contributed by atoms with Crippen molar-refractivity contribution < 1.29 is 0 Å². The summed E-state index contributed by atoms with van der Waals surface area (Å²) in [6.45, 7) is 0. The summed E-state index contributed by atoms with van der Waals surface area (Å²) in [7, 11) is 0. The Kier molecular flexibility index (Phi) is 3.58. The van der Waals surface area contributed by atoms with Crippen molar-refractivity contribution in [2.45, 2.75) is 30.8 Å². The summed E-state index contributed by atoms with van der Waals surface area (Å²) < 4.78 is 1.48. The first-order valence-corrected chi connectivity index (χ1v) is 7.29. The molecular formula is C11H15N7S.